The van der Waals surface area contributed by atoms with Crippen molar-refractivity contribution in [3.63, 3.8) is 0 Å². The van der Waals surface area contributed by atoms with Crippen LogP contribution in [-0.2, 0) is 0 Å². The number of nitrogens with zero attached hydrogens (tertiary/aromatic N) is 3. The molecular weight excluding hydrogens is 276 g/mol. The second-order valence-electron chi connectivity index (χ2n) is 5.50. The van der Waals surface area contributed by atoms with Crippen LogP contribution in [0.1, 0.15) is 49.9 Å². The number of pyridine rings is 1. The summed E-state index contributed by atoms with van der Waals surface area (Å²) in [6.45, 7) is 5.11. The Labute approximate surface area is 131 Å². The summed E-state index contributed by atoms with van der Waals surface area (Å²) >= 11 is 0. The molecule has 0 saturated carbocycles. The molecule has 0 aliphatic rings. The number of nitrogens with one attached hydrogen (secondary N) is 1. The SMILES string of the molecule is CCCCC(CC)CNC(=O)c1ccnc(-n2ccnc2)c1. The molecule has 0 aliphatic carbocycles. The van der Waals surface area contributed by atoms with Crippen LogP contribution in [-0.4, -0.2) is 27.0 Å². The number of aromatic nitrogens is 3. The van der Waals surface area contributed by atoms with Gasteiger partial charge in [0.05, 0.1) is 0 Å². The van der Waals surface area contributed by atoms with Gasteiger partial charge in [-0.1, -0.05) is 33.1 Å². The van der Waals surface area contributed by atoms with Crippen LogP contribution >= 0.6 is 0 Å². The number of rotatable bonds is 8. The topological polar surface area (TPSA) is 59.8 Å². The van der Waals surface area contributed by atoms with Gasteiger partial charge in [0, 0.05) is 30.7 Å². The molecule has 0 aliphatic heterocycles. The number of imidazole rings is 1. The van der Waals surface area contributed by atoms with Gasteiger partial charge in [-0.25, -0.2) is 9.97 Å². The Morgan fingerprint density at radius 3 is 2.91 bits per heavy atom. The minimum atomic E-state index is -0.0429. The second kappa shape index (κ2) is 8.32. The molecule has 2 aromatic rings. The molecule has 0 saturated heterocycles. The third-order valence-electron chi connectivity index (χ3n) is 3.87. The summed E-state index contributed by atoms with van der Waals surface area (Å²) in [6, 6.07) is 3.52. The summed E-state index contributed by atoms with van der Waals surface area (Å²) < 4.78 is 1.78. The van der Waals surface area contributed by atoms with Crippen molar-refractivity contribution in [3.05, 3.63) is 42.6 Å². The number of carbonyl (C=O) groups is 1. The van der Waals surface area contributed by atoms with E-state index < -0.39 is 0 Å². The van der Waals surface area contributed by atoms with Crippen LogP contribution < -0.4 is 5.32 Å². The summed E-state index contributed by atoms with van der Waals surface area (Å²) in [5.74, 6) is 1.21. The Morgan fingerprint density at radius 1 is 1.36 bits per heavy atom. The van der Waals surface area contributed by atoms with E-state index in [2.05, 4.69) is 29.1 Å². The van der Waals surface area contributed by atoms with E-state index in [1.807, 2.05) is 6.20 Å². The average Bonchev–Trinajstić information content (AvgIpc) is 3.09. The fourth-order valence-electron chi connectivity index (χ4n) is 2.38. The van der Waals surface area contributed by atoms with Crippen molar-refractivity contribution in [2.75, 3.05) is 6.54 Å². The van der Waals surface area contributed by atoms with Gasteiger partial charge in [0.15, 0.2) is 0 Å². The van der Waals surface area contributed by atoms with Crippen molar-refractivity contribution in [2.45, 2.75) is 39.5 Å². The second-order valence-corrected chi connectivity index (χ2v) is 5.50. The molecule has 0 fully saturated rings. The molecule has 5 nitrogen and oxygen atoms in total. The lowest BCUT2D eigenvalue weighted by molar-refractivity contribution is 0.0945. The molecule has 2 heterocycles. The molecule has 0 spiro atoms. The van der Waals surface area contributed by atoms with E-state index in [1.165, 1.54) is 19.3 Å². The maximum atomic E-state index is 12.3. The van der Waals surface area contributed by atoms with E-state index in [-0.39, 0.29) is 5.91 Å². The zero-order valence-corrected chi connectivity index (χ0v) is 13.3. The Balaban J connectivity index is 1.96. The summed E-state index contributed by atoms with van der Waals surface area (Å²) in [6.07, 6.45) is 11.5. The first kappa shape index (κ1) is 16.2. The summed E-state index contributed by atoms with van der Waals surface area (Å²) in [5, 5.41) is 3.04. The molecule has 22 heavy (non-hydrogen) atoms. The van der Waals surface area contributed by atoms with Crippen LogP contribution in [0.25, 0.3) is 5.82 Å². The van der Waals surface area contributed by atoms with Gasteiger partial charge in [0.1, 0.15) is 12.1 Å². The summed E-state index contributed by atoms with van der Waals surface area (Å²) in [4.78, 5) is 20.6. The van der Waals surface area contributed by atoms with Gasteiger partial charge in [0.2, 0.25) is 0 Å². The average molecular weight is 300 g/mol. The quantitative estimate of drug-likeness (QED) is 0.814. The highest BCUT2D eigenvalue weighted by molar-refractivity contribution is 5.94. The molecule has 2 rings (SSSR count). The van der Waals surface area contributed by atoms with Crippen molar-refractivity contribution in [1.29, 1.82) is 0 Å². The van der Waals surface area contributed by atoms with E-state index in [1.54, 1.807) is 35.4 Å². The molecule has 118 valence electrons. The maximum Gasteiger partial charge on any atom is 0.251 e. The van der Waals surface area contributed by atoms with Gasteiger partial charge in [-0.2, -0.15) is 0 Å². The molecule has 0 aromatic carbocycles. The van der Waals surface area contributed by atoms with Gasteiger partial charge >= 0.3 is 0 Å². The van der Waals surface area contributed by atoms with Gasteiger partial charge in [-0.15, -0.1) is 0 Å². The molecule has 1 atom stereocenters. The number of hydrogen-bond acceptors (Lipinski definition) is 3. The van der Waals surface area contributed by atoms with Gasteiger partial charge in [-0.3, -0.25) is 9.36 Å². The molecule has 0 bridgehead atoms. The fraction of sp³-hybridized carbons (Fsp3) is 0.471. The predicted molar refractivity (Wildman–Crippen MR) is 87.0 cm³/mol. The van der Waals surface area contributed by atoms with Crippen LogP contribution in [0.5, 0.6) is 0 Å². The van der Waals surface area contributed by atoms with E-state index >= 15 is 0 Å². The zero-order chi connectivity index (χ0) is 15.8. The number of amides is 1. The Hall–Kier alpha value is -2.17. The number of unbranched alkanes of at least 4 members (excludes halogenated alkanes) is 1. The molecule has 1 N–H and O–H groups in total. The zero-order valence-electron chi connectivity index (χ0n) is 13.3. The highest BCUT2D eigenvalue weighted by atomic mass is 16.1. The summed E-state index contributed by atoms with van der Waals surface area (Å²) in [5.41, 5.74) is 0.629. The van der Waals surface area contributed by atoms with Crippen molar-refractivity contribution in [2.24, 2.45) is 5.92 Å². The lowest BCUT2D eigenvalue weighted by Crippen LogP contribution is -2.29. The Bertz CT molecular complexity index is 580. The van der Waals surface area contributed by atoms with Crippen LogP contribution in [0.3, 0.4) is 0 Å². The predicted octanol–water partition coefficient (Wildman–Crippen LogP) is 3.21. The minimum Gasteiger partial charge on any atom is -0.352 e. The van der Waals surface area contributed by atoms with Crippen molar-refractivity contribution in [1.82, 2.24) is 19.9 Å². The van der Waals surface area contributed by atoms with Crippen molar-refractivity contribution < 1.29 is 4.79 Å². The molecule has 1 amide bonds. The van der Waals surface area contributed by atoms with Gasteiger partial charge in [-0.05, 0) is 24.5 Å². The molecular formula is C17H24N4O. The minimum absolute atomic E-state index is 0.0429. The third-order valence-corrected chi connectivity index (χ3v) is 3.87. The monoisotopic (exact) mass is 300 g/mol. The standard InChI is InChI=1S/C17H24N4O/c1-3-5-6-14(4-2)12-20-17(22)15-7-8-19-16(11-15)21-10-9-18-13-21/h7-11,13-14H,3-6,12H2,1-2H3,(H,20,22). The summed E-state index contributed by atoms with van der Waals surface area (Å²) in [7, 11) is 0. The largest absolute Gasteiger partial charge is 0.352 e. The van der Waals surface area contributed by atoms with E-state index in [0.29, 0.717) is 17.3 Å². The van der Waals surface area contributed by atoms with Crippen LogP contribution in [0, 0.1) is 5.92 Å². The first-order valence-electron chi connectivity index (χ1n) is 7.97. The van der Waals surface area contributed by atoms with Gasteiger partial charge < -0.3 is 5.32 Å². The van der Waals surface area contributed by atoms with E-state index in [9.17, 15) is 4.79 Å². The number of hydrogen-bond donors (Lipinski definition) is 1. The normalized spacial score (nSPS) is 12.1. The fourth-order valence-corrected chi connectivity index (χ4v) is 2.38. The molecule has 2 aromatic heterocycles. The van der Waals surface area contributed by atoms with Crippen LogP contribution in [0.15, 0.2) is 37.1 Å². The van der Waals surface area contributed by atoms with Crippen LogP contribution in [0.2, 0.25) is 0 Å². The van der Waals surface area contributed by atoms with Crippen molar-refractivity contribution in [3.8, 4) is 5.82 Å². The van der Waals surface area contributed by atoms with E-state index in [0.717, 1.165) is 13.0 Å². The number of carbonyl (C=O) groups excluding carboxylic acids is 1. The first-order chi connectivity index (χ1) is 10.7. The highest BCUT2D eigenvalue weighted by Gasteiger charge is 2.11. The molecule has 1 unspecified atom stereocenters. The molecule has 0 radical (unpaired) electrons. The van der Waals surface area contributed by atoms with Crippen molar-refractivity contribution >= 4 is 5.91 Å². The Kier molecular flexibility index (Phi) is 6.13. The van der Waals surface area contributed by atoms with E-state index in [4.69, 9.17) is 0 Å². The first-order valence-corrected chi connectivity index (χ1v) is 7.97. The van der Waals surface area contributed by atoms with Gasteiger partial charge in [0.25, 0.3) is 5.91 Å². The Morgan fingerprint density at radius 2 is 2.23 bits per heavy atom. The molecule has 5 heteroatoms. The lowest BCUT2D eigenvalue weighted by atomic mass is 9.99. The highest BCUT2D eigenvalue weighted by Crippen LogP contribution is 2.12. The third kappa shape index (κ3) is 4.41. The smallest absolute Gasteiger partial charge is 0.251 e. The maximum absolute atomic E-state index is 12.3. The van der Waals surface area contributed by atoms with Crippen LogP contribution in [0.4, 0.5) is 0 Å². The lowest BCUT2D eigenvalue weighted by Gasteiger charge is -2.15.